The van der Waals surface area contributed by atoms with E-state index in [1.165, 1.54) is 12.5 Å². The first-order valence-corrected chi connectivity index (χ1v) is 11.1. The minimum absolute atomic E-state index is 0.0111. The Hall–Kier alpha value is -2.76. The van der Waals surface area contributed by atoms with Crippen molar-refractivity contribution in [1.29, 1.82) is 0 Å². The minimum Gasteiger partial charge on any atom is -0.491 e. The number of allylic oxidation sites excluding steroid dienone is 1. The molecule has 3 nitrogen and oxygen atoms in total. The molecule has 32 heavy (non-hydrogen) atoms. The lowest BCUT2D eigenvalue weighted by molar-refractivity contribution is 0.0733. The third-order valence-corrected chi connectivity index (χ3v) is 7.05. The van der Waals surface area contributed by atoms with E-state index in [9.17, 15) is 18.0 Å². The van der Waals surface area contributed by atoms with Crippen LogP contribution in [0.5, 0.6) is 11.5 Å². The Morgan fingerprint density at radius 2 is 1.66 bits per heavy atom. The van der Waals surface area contributed by atoms with Crippen molar-refractivity contribution < 1.29 is 27.4 Å². The van der Waals surface area contributed by atoms with Gasteiger partial charge in [-0.05, 0) is 79.9 Å². The summed E-state index contributed by atoms with van der Waals surface area (Å²) < 4.78 is 52.2. The molecule has 0 bridgehead atoms. The quantitative estimate of drug-likeness (QED) is 0.288. The van der Waals surface area contributed by atoms with Crippen LogP contribution in [0.1, 0.15) is 60.4 Å². The highest BCUT2D eigenvalue weighted by Crippen LogP contribution is 2.48. The van der Waals surface area contributed by atoms with E-state index in [1.54, 1.807) is 6.07 Å². The summed E-state index contributed by atoms with van der Waals surface area (Å²) in [6.07, 6.45) is 8.51. The largest absolute Gasteiger partial charge is 0.491 e. The fraction of sp³-hybridized carbons (Fsp3) is 0.423. The maximum absolute atomic E-state index is 14.9. The Kier molecular flexibility index (Phi) is 6.58. The number of halogens is 3. The average Bonchev–Trinajstić information content (AvgIpc) is 2.78. The van der Waals surface area contributed by atoms with E-state index in [2.05, 4.69) is 17.4 Å². The number of fused-ring (bicyclic) bond motifs is 1. The van der Waals surface area contributed by atoms with Crippen molar-refractivity contribution in [2.45, 2.75) is 44.4 Å². The Balaban J connectivity index is 1.44. The molecule has 0 heterocycles. The van der Waals surface area contributed by atoms with Crippen LogP contribution in [0.2, 0.25) is 0 Å². The maximum Gasteiger partial charge on any atom is 0.343 e. The van der Waals surface area contributed by atoms with Gasteiger partial charge in [0.15, 0.2) is 17.4 Å². The number of hydrogen-bond acceptors (Lipinski definition) is 3. The number of carbonyl (C=O) groups excluding carboxylic acids is 1. The summed E-state index contributed by atoms with van der Waals surface area (Å²) in [6.45, 7) is 3.93. The zero-order valence-corrected chi connectivity index (χ0v) is 18.1. The summed E-state index contributed by atoms with van der Waals surface area (Å²) in [5.74, 6) is -2.17. The standard InChI is InChI=1S/C26H27F3O3/c1-3-15-4-5-17-11-18(7-6-16(17)10-15)21-9-8-19(12-22(21)27)26(30)32-20-13-23(28)25(31-2)24(29)14-20/h3,8-9,12-18H,1,4-7,10-11H2,2H3. The summed E-state index contributed by atoms with van der Waals surface area (Å²) in [4.78, 5) is 12.4. The van der Waals surface area contributed by atoms with Crippen LogP contribution in [0.4, 0.5) is 13.2 Å². The number of ether oxygens (including phenoxy) is 2. The van der Waals surface area contributed by atoms with Crippen molar-refractivity contribution in [3.05, 3.63) is 71.6 Å². The summed E-state index contributed by atoms with van der Waals surface area (Å²) in [5, 5.41) is 0. The van der Waals surface area contributed by atoms with E-state index in [-0.39, 0.29) is 17.2 Å². The second-order valence-electron chi connectivity index (χ2n) is 8.88. The molecular formula is C26H27F3O3. The molecule has 0 aliphatic heterocycles. The third kappa shape index (κ3) is 4.54. The summed E-state index contributed by atoms with van der Waals surface area (Å²) >= 11 is 0. The van der Waals surface area contributed by atoms with Gasteiger partial charge in [0, 0.05) is 12.1 Å². The van der Waals surface area contributed by atoms with Gasteiger partial charge in [-0.1, -0.05) is 12.1 Å². The smallest absolute Gasteiger partial charge is 0.343 e. The van der Waals surface area contributed by atoms with Crippen LogP contribution in [0.15, 0.2) is 43.0 Å². The first kappa shape index (κ1) is 22.4. The lowest BCUT2D eigenvalue weighted by atomic mass is 9.64. The van der Waals surface area contributed by atoms with Gasteiger partial charge in [0.2, 0.25) is 0 Å². The SMILES string of the molecule is C=CC1CCC2CC(c3ccc(C(=O)Oc4cc(F)c(OC)c(F)c4)cc3F)CCC2C1. The summed E-state index contributed by atoms with van der Waals surface area (Å²) in [6, 6.07) is 6.00. The van der Waals surface area contributed by atoms with E-state index >= 15 is 0 Å². The molecule has 170 valence electrons. The van der Waals surface area contributed by atoms with Gasteiger partial charge in [0.25, 0.3) is 0 Å². The Labute approximate surface area is 186 Å². The molecule has 4 atom stereocenters. The number of carbonyl (C=O) groups is 1. The molecule has 0 N–H and O–H groups in total. The molecule has 2 fully saturated rings. The first-order chi connectivity index (χ1) is 15.4. The lowest BCUT2D eigenvalue weighted by Crippen LogP contribution is -2.30. The number of hydrogen-bond donors (Lipinski definition) is 0. The van der Waals surface area contributed by atoms with Gasteiger partial charge in [-0.25, -0.2) is 18.0 Å². The summed E-state index contributed by atoms with van der Waals surface area (Å²) in [7, 11) is 1.14. The Morgan fingerprint density at radius 1 is 0.969 bits per heavy atom. The van der Waals surface area contributed by atoms with Crippen molar-refractivity contribution in [2.75, 3.05) is 7.11 Å². The molecule has 0 aromatic heterocycles. The van der Waals surface area contributed by atoms with Gasteiger partial charge >= 0.3 is 5.97 Å². The van der Waals surface area contributed by atoms with Gasteiger partial charge in [-0.15, -0.1) is 6.58 Å². The van der Waals surface area contributed by atoms with E-state index in [0.29, 0.717) is 23.3 Å². The van der Waals surface area contributed by atoms with E-state index in [0.717, 1.165) is 57.4 Å². The van der Waals surface area contributed by atoms with Gasteiger partial charge in [-0.3, -0.25) is 0 Å². The van der Waals surface area contributed by atoms with Crippen LogP contribution < -0.4 is 9.47 Å². The third-order valence-electron chi connectivity index (χ3n) is 7.05. The Morgan fingerprint density at radius 3 is 2.31 bits per heavy atom. The van der Waals surface area contributed by atoms with Crippen molar-refractivity contribution in [2.24, 2.45) is 17.8 Å². The van der Waals surface area contributed by atoms with Crippen molar-refractivity contribution in [3.63, 3.8) is 0 Å². The molecule has 0 radical (unpaired) electrons. The van der Waals surface area contributed by atoms with Gasteiger partial charge in [0.1, 0.15) is 11.6 Å². The van der Waals surface area contributed by atoms with Crippen LogP contribution >= 0.6 is 0 Å². The molecule has 2 aromatic rings. The van der Waals surface area contributed by atoms with Crippen molar-refractivity contribution in [1.82, 2.24) is 0 Å². The average molecular weight is 444 g/mol. The van der Waals surface area contributed by atoms with Crippen LogP contribution in [-0.4, -0.2) is 13.1 Å². The minimum atomic E-state index is -0.991. The van der Waals surface area contributed by atoms with E-state index in [4.69, 9.17) is 4.74 Å². The second kappa shape index (κ2) is 9.39. The normalized spacial score (nSPS) is 25.0. The highest BCUT2D eigenvalue weighted by molar-refractivity contribution is 5.91. The van der Waals surface area contributed by atoms with Crippen LogP contribution in [0.25, 0.3) is 0 Å². The number of rotatable bonds is 5. The highest BCUT2D eigenvalue weighted by Gasteiger charge is 2.36. The van der Waals surface area contributed by atoms with Gasteiger partial charge in [0.05, 0.1) is 12.7 Å². The molecule has 0 spiro atoms. The van der Waals surface area contributed by atoms with Crippen LogP contribution in [0.3, 0.4) is 0 Å². The van der Waals surface area contributed by atoms with Gasteiger partial charge < -0.3 is 9.47 Å². The molecule has 6 heteroatoms. The zero-order valence-electron chi connectivity index (χ0n) is 18.1. The van der Waals surface area contributed by atoms with E-state index in [1.807, 2.05) is 0 Å². The molecule has 0 amide bonds. The Bertz CT molecular complexity index is 996. The van der Waals surface area contributed by atoms with Crippen LogP contribution in [-0.2, 0) is 0 Å². The summed E-state index contributed by atoms with van der Waals surface area (Å²) in [5.41, 5.74) is 0.607. The fourth-order valence-corrected chi connectivity index (χ4v) is 5.36. The molecule has 4 rings (SSSR count). The predicted octanol–water partition coefficient (Wildman–Crippen LogP) is 6.82. The first-order valence-electron chi connectivity index (χ1n) is 11.1. The molecule has 2 saturated carbocycles. The lowest BCUT2D eigenvalue weighted by Gasteiger charge is -2.41. The fourth-order valence-electron chi connectivity index (χ4n) is 5.36. The number of methoxy groups -OCH3 is 1. The van der Waals surface area contributed by atoms with E-state index < -0.39 is 29.2 Å². The molecule has 4 unspecified atom stereocenters. The van der Waals surface area contributed by atoms with Crippen LogP contribution in [0, 0.1) is 35.2 Å². The number of esters is 1. The van der Waals surface area contributed by atoms with Crippen molar-refractivity contribution >= 4 is 5.97 Å². The zero-order chi connectivity index (χ0) is 22.8. The molecule has 2 aliphatic rings. The second-order valence-corrected chi connectivity index (χ2v) is 8.88. The molecular weight excluding hydrogens is 417 g/mol. The predicted molar refractivity (Wildman–Crippen MR) is 115 cm³/mol. The maximum atomic E-state index is 14.9. The number of benzene rings is 2. The monoisotopic (exact) mass is 444 g/mol. The molecule has 2 aromatic carbocycles. The highest BCUT2D eigenvalue weighted by atomic mass is 19.1. The molecule has 2 aliphatic carbocycles. The van der Waals surface area contributed by atoms with Crippen molar-refractivity contribution in [3.8, 4) is 11.5 Å². The topological polar surface area (TPSA) is 35.5 Å². The van der Waals surface area contributed by atoms with Gasteiger partial charge in [-0.2, -0.15) is 0 Å². The molecule has 0 saturated heterocycles.